The van der Waals surface area contributed by atoms with Crippen LogP contribution in [0.25, 0.3) is 0 Å². The van der Waals surface area contributed by atoms with Gasteiger partial charge in [-0.15, -0.1) is 0 Å². The van der Waals surface area contributed by atoms with Crippen LogP contribution in [0.5, 0.6) is 0 Å². The molecule has 0 radical (unpaired) electrons. The zero-order valence-corrected chi connectivity index (χ0v) is 12.0. The maximum atomic E-state index is 11.8. The van der Waals surface area contributed by atoms with Crippen LogP contribution in [0.4, 0.5) is 0 Å². The predicted molar refractivity (Wildman–Crippen MR) is 75.1 cm³/mol. The summed E-state index contributed by atoms with van der Waals surface area (Å²) >= 11 is 0. The van der Waals surface area contributed by atoms with Gasteiger partial charge in [-0.2, -0.15) is 0 Å². The summed E-state index contributed by atoms with van der Waals surface area (Å²) in [4.78, 5) is 14.2. The van der Waals surface area contributed by atoms with Gasteiger partial charge in [0.1, 0.15) is 0 Å². The lowest BCUT2D eigenvalue weighted by Gasteiger charge is -2.29. The van der Waals surface area contributed by atoms with Crippen molar-refractivity contribution < 1.29 is 9.53 Å². The number of carbonyl (C=O) groups is 1. The van der Waals surface area contributed by atoms with Crippen LogP contribution < -0.4 is 10.6 Å². The molecule has 0 bridgehead atoms. The number of piperidine rings is 1. The lowest BCUT2D eigenvalue weighted by Crippen LogP contribution is -2.44. The average molecular weight is 269 g/mol. The third kappa shape index (κ3) is 5.47. The second-order valence-corrected chi connectivity index (χ2v) is 5.84. The second kappa shape index (κ2) is 7.82. The van der Waals surface area contributed by atoms with Gasteiger partial charge in [-0.25, -0.2) is 0 Å². The minimum atomic E-state index is 0.146. The Morgan fingerprint density at radius 1 is 1.53 bits per heavy atom. The molecule has 1 amide bonds. The molecule has 0 spiro atoms. The van der Waals surface area contributed by atoms with Gasteiger partial charge in [-0.3, -0.25) is 4.79 Å². The van der Waals surface area contributed by atoms with Crippen molar-refractivity contribution in [3.05, 3.63) is 0 Å². The topological polar surface area (TPSA) is 53.6 Å². The third-order valence-electron chi connectivity index (χ3n) is 4.03. The maximum Gasteiger partial charge on any atom is 0.221 e. The van der Waals surface area contributed by atoms with Gasteiger partial charge in [0, 0.05) is 32.1 Å². The highest BCUT2D eigenvalue weighted by molar-refractivity contribution is 5.76. The largest absolute Gasteiger partial charge is 0.378 e. The first-order valence-electron chi connectivity index (χ1n) is 7.50. The number of carbonyl (C=O) groups excluding carboxylic acids is 1. The fourth-order valence-corrected chi connectivity index (χ4v) is 2.97. The van der Waals surface area contributed by atoms with E-state index in [4.69, 9.17) is 4.74 Å². The van der Waals surface area contributed by atoms with Crippen LogP contribution in [0.1, 0.15) is 25.7 Å². The smallest absolute Gasteiger partial charge is 0.221 e. The molecule has 2 saturated heterocycles. The van der Waals surface area contributed by atoms with Gasteiger partial charge < -0.3 is 20.3 Å². The molecule has 110 valence electrons. The summed E-state index contributed by atoms with van der Waals surface area (Å²) in [5.41, 5.74) is 0. The third-order valence-corrected chi connectivity index (χ3v) is 4.03. The van der Waals surface area contributed by atoms with Gasteiger partial charge in [0.2, 0.25) is 5.91 Å². The Hall–Kier alpha value is -0.650. The molecule has 0 aromatic rings. The molecule has 0 saturated carbocycles. The summed E-state index contributed by atoms with van der Waals surface area (Å²) in [6, 6.07) is 0.189. The molecule has 2 unspecified atom stereocenters. The average Bonchev–Trinajstić information content (AvgIpc) is 2.40. The van der Waals surface area contributed by atoms with Crippen LogP contribution in [0.3, 0.4) is 0 Å². The van der Waals surface area contributed by atoms with Gasteiger partial charge in [0.05, 0.1) is 13.2 Å². The number of rotatable bonds is 5. The number of nitrogens with zero attached hydrogens (tertiary/aromatic N) is 1. The molecular weight excluding hydrogens is 242 g/mol. The molecular formula is C14H27N3O2. The van der Waals surface area contributed by atoms with E-state index < -0.39 is 0 Å². The van der Waals surface area contributed by atoms with Crippen molar-refractivity contribution in [2.24, 2.45) is 5.92 Å². The first-order chi connectivity index (χ1) is 9.24. The summed E-state index contributed by atoms with van der Waals surface area (Å²) in [6.07, 6.45) is 4.23. The maximum absolute atomic E-state index is 11.8. The molecule has 2 rings (SSSR count). The number of hydrogen-bond acceptors (Lipinski definition) is 4. The van der Waals surface area contributed by atoms with Crippen molar-refractivity contribution >= 4 is 5.91 Å². The standard InChI is InChI=1S/C14H27N3O2/c1-17-7-2-3-12(10-17)4-5-16-14(18)9-13-11-19-8-6-15-13/h12-13,15H,2-11H2,1H3,(H,16,18). The molecule has 2 N–H and O–H groups in total. The quantitative estimate of drug-likeness (QED) is 0.749. The molecule has 2 atom stereocenters. The van der Waals surface area contributed by atoms with Gasteiger partial charge in [0.15, 0.2) is 0 Å². The zero-order chi connectivity index (χ0) is 13.5. The molecule has 19 heavy (non-hydrogen) atoms. The summed E-state index contributed by atoms with van der Waals surface area (Å²) in [6.45, 7) is 5.47. The van der Waals surface area contributed by atoms with Crippen LogP contribution in [-0.2, 0) is 9.53 Å². The number of likely N-dealkylation sites (tertiary alicyclic amines) is 1. The van der Waals surface area contributed by atoms with Gasteiger partial charge in [0.25, 0.3) is 0 Å². The number of hydrogen-bond donors (Lipinski definition) is 2. The highest BCUT2D eigenvalue weighted by Crippen LogP contribution is 2.17. The van der Waals surface area contributed by atoms with Crippen LogP contribution in [0.2, 0.25) is 0 Å². The van der Waals surface area contributed by atoms with Crippen molar-refractivity contribution in [2.45, 2.75) is 31.7 Å². The van der Waals surface area contributed by atoms with Crippen LogP contribution in [-0.4, -0.2) is 63.3 Å². The van der Waals surface area contributed by atoms with Crippen molar-refractivity contribution in [3.8, 4) is 0 Å². The number of amides is 1. The van der Waals surface area contributed by atoms with E-state index in [1.807, 2.05) is 0 Å². The monoisotopic (exact) mass is 269 g/mol. The summed E-state index contributed by atoms with van der Waals surface area (Å²) in [5.74, 6) is 0.891. The zero-order valence-electron chi connectivity index (χ0n) is 12.0. The van der Waals surface area contributed by atoms with E-state index in [9.17, 15) is 4.79 Å². The van der Waals surface area contributed by atoms with Crippen molar-refractivity contribution in [2.75, 3.05) is 46.4 Å². The van der Waals surface area contributed by atoms with Crippen molar-refractivity contribution in [1.82, 2.24) is 15.5 Å². The van der Waals surface area contributed by atoms with E-state index in [0.29, 0.717) is 13.0 Å². The van der Waals surface area contributed by atoms with Crippen LogP contribution >= 0.6 is 0 Å². The molecule has 2 heterocycles. The Labute approximate surface area is 116 Å². The fraction of sp³-hybridized carbons (Fsp3) is 0.929. The molecule has 5 nitrogen and oxygen atoms in total. The molecule has 2 fully saturated rings. The highest BCUT2D eigenvalue weighted by atomic mass is 16.5. The first kappa shape index (κ1) is 14.8. The van der Waals surface area contributed by atoms with Gasteiger partial charge >= 0.3 is 0 Å². The molecule has 0 aromatic heterocycles. The minimum Gasteiger partial charge on any atom is -0.378 e. The second-order valence-electron chi connectivity index (χ2n) is 5.84. The van der Waals surface area contributed by atoms with E-state index >= 15 is 0 Å². The predicted octanol–water partition coefficient (Wildman–Crippen LogP) is 0.213. The molecule has 5 heteroatoms. The van der Waals surface area contributed by atoms with E-state index in [1.165, 1.54) is 25.9 Å². The van der Waals surface area contributed by atoms with Gasteiger partial charge in [-0.1, -0.05) is 0 Å². The van der Waals surface area contributed by atoms with Gasteiger partial charge in [-0.05, 0) is 38.8 Å². The van der Waals surface area contributed by atoms with E-state index in [0.717, 1.165) is 32.0 Å². The Kier molecular flexibility index (Phi) is 6.07. The summed E-state index contributed by atoms with van der Waals surface area (Å²) in [5, 5.41) is 6.34. The van der Waals surface area contributed by atoms with Crippen LogP contribution in [0, 0.1) is 5.92 Å². The molecule has 0 aliphatic carbocycles. The lowest BCUT2D eigenvalue weighted by molar-refractivity contribution is -0.122. The SMILES string of the molecule is CN1CCCC(CCNC(=O)CC2COCCN2)C1. The number of nitrogens with one attached hydrogen (secondary N) is 2. The summed E-state index contributed by atoms with van der Waals surface area (Å²) < 4.78 is 5.35. The van der Waals surface area contributed by atoms with Crippen LogP contribution in [0.15, 0.2) is 0 Å². The molecule has 2 aliphatic rings. The normalized spacial score (nSPS) is 29.1. The number of morpholine rings is 1. The summed E-state index contributed by atoms with van der Waals surface area (Å²) in [7, 11) is 2.18. The Balaban J connectivity index is 1.55. The molecule has 0 aromatic carbocycles. The Morgan fingerprint density at radius 2 is 2.42 bits per heavy atom. The van der Waals surface area contributed by atoms with Crippen molar-refractivity contribution in [3.63, 3.8) is 0 Å². The van der Waals surface area contributed by atoms with E-state index in [1.54, 1.807) is 0 Å². The number of ether oxygens (including phenoxy) is 1. The Morgan fingerprint density at radius 3 is 3.16 bits per heavy atom. The van der Waals surface area contributed by atoms with E-state index in [-0.39, 0.29) is 11.9 Å². The Bertz CT molecular complexity index is 280. The fourth-order valence-electron chi connectivity index (χ4n) is 2.97. The van der Waals surface area contributed by atoms with E-state index in [2.05, 4.69) is 22.6 Å². The highest BCUT2D eigenvalue weighted by Gasteiger charge is 2.18. The molecule has 2 aliphatic heterocycles. The lowest BCUT2D eigenvalue weighted by atomic mass is 9.95. The van der Waals surface area contributed by atoms with Crippen molar-refractivity contribution in [1.29, 1.82) is 0 Å². The first-order valence-corrected chi connectivity index (χ1v) is 7.50. The minimum absolute atomic E-state index is 0.146.